The van der Waals surface area contributed by atoms with E-state index in [9.17, 15) is 9.59 Å². The molecule has 1 atom stereocenters. The molecule has 5 heteroatoms. The molecular formula is C10H12N2O3. The minimum absolute atomic E-state index is 0.338. The second-order valence-corrected chi connectivity index (χ2v) is 3.04. The first-order valence-corrected chi connectivity index (χ1v) is 4.56. The van der Waals surface area contributed by atoms with Gasteiger partial charge in [0.15, 0.2) is 0 Å². The van der Waals surface area contributed by atoms with Crippen LogP contribution in [0.5, 0.6) is 0 Å². The van der Waals surface area contributed by atoms with Gasteiger partial charge in [0.05, 0.1) is 0 Å². The fraction of sp³-hybridized carbons (Fsp3) is 0.300. The van der Waals surface area contributed by atoms with E-state index >= 15 is 0 Å². The van der Waals surface area contributed by atoms with Gasteiger partial charge in [-0.15, -0.1) is 0 Å². The smallest absolute Gasteiger partial charge is 0.326 e. The predicted molar refractivity (Wildman–Crippen MR) is 53.2 cm³/mol. The van der Waals surface area contributed by atoms with Crippen molar-refractivity contribution in [3.63, 3.8) is 0 Å². The summed E-state index contributed by atoms with van der Waals surface area (Å²) in [4.78, 5) is 24.9. The summed E-state index contributed by atoms with van der Waals surface area (Å²) in [7, 11) is 0. The van der Waals surface area contributed by atoms with E-state index in [0.717, 1.165) is 5.69 Å². The number of hydrogen-bond donors (Lipinski definition) is 2. The number of aromatic nitrogens is 1. The average Bonchev–Trinajstić information content (AvgIpc) is 2.25. The van der Waals surface area contributed by atoms with Crippen molar-refractivity contribution < 1.29 is 14.7 Å². The highest BCUT2D eigenvalue weighted by Crippen LogP contribution is 2.01. The Hall–Kier alpha value is -1.91. The van der Waals surface area contributed by atoms with Gasteiger partial charge in [0.25, 0.3) is 0 Å². The first-order valence-electron chi connectivity index (χ1n) is 4.56. The number of nitrogens with one attached hydrogen (secondary N) is 1. The molecule has 1 heterocycles. The van der Waals surface area contributed by atoms with Crippen LogP contribution in [0, 0.1) is 0 Å². The lowest BCUT2D eigenvalue weighted by atomic mass is 10.1. The van der Waals surface area contributed by atoms with Crippen LogP contribution in [0.15, 0.2) is 24.4 Å². The van der Waals surface area contributed by atoms with Gasteiger partial charge in [-0.05, 0) is 25.0 Å². The zero-order chi connectivity index (χ0) is 11.1. The fourth-order valence-corrected chi connectivity index (χ4v) is 1.20. The van der Waals surface area contributed by atoms with Gasteiger partial charge in [0.1, 0.15) is 6.04 Å². The van der Waals surface area contributed by atoms with Crippen LogP contribution in [-0.2, 0) is 16.0 Å². The molecule has 0 aromatic carbocycles. The average molecular weight is 208 g/mol. The van der Waals surface area contributed by atoms with Gasteiger partial charge >= 0.3 is 5.97 Å². The molecule has 5 nitrogen and oxygen atoms in total. The van der Waals surface area contributed by atoms with E-state index in [4.69, 9.17) is 5.11 Å². The Morgan fingerprint density at radius 3 is 2.93 bits per heavy atom. The highest BCUT2D eigenvalue weighted by Gasteiger charge is 2.15. The molecular weight excluding hydrogens is 196 g/mol. The van der Waals surface area contributed by atoms with Gasteiger partial charge in [-0.3, -0.25) is 9.78 Å². The maximum Gasteiger partial charge on any atom is 0.326 e. The van der Waals surface area contributed by atoms with Crippen LogP contribution in [0.4, 0.5) is 0 Å². The van der Waals surface area contributed by atoms with Crippen molar-refractivity contribution in [2.45, 2.75) is 18.9 Å². The molecule has 0 aliphatic carbocycles. The number of aliphatic carboxylic acids is 1. The molecule has 1 aromatic rings. The van der Waals surface area contributed by atoms with Crippen molar-refractivity contribution in [2.75, 3.05) is 0 Å². The van der Waals surface area contributed by atoms with Crippen molar-refractivity contribution in [3.05, 3.63) is 30.1 Å². The molecule has 0 aliphatic heterocycles. The zero-order valence-electron chi connectivity index (χ0n) is 8.09. The molecule has 1 amide bonds. The Balaban J connectivity index is 2.47. The largest absolute Gasteiger partial charge is 0.480 e. The zero-order valence-corrected chi connectivity index (χ0v) is 8.09. The SMILES string of the molecule is O=CNC(CCc1ccccn1)C(=O)O. The fourth-order valence-electron chi connectivity index (χ4n) is 1.20. The molecule has 0 spiro atoms. The Morgan fingerprint density at radius 2 is 2.40 bits per heavy atom. The van der Waals surface area contributed by atoms with Crippen molar-refractivity contribution in [1.29, 1.82) is 0 Å². The molecule has 0 fully saturated rings. The van der Waals surface area contributed by atoms with Crippen LogP contribution >= 0.6 is 0 Å². The molecule has 0 bridgehead atoms. The Morgan fingerprint density at radius 1 is 1.60 bits per heavy atom. The summed E-state index contributed by atoms with van der Waals surface area (Å²) in [6.07, 6.45) is 2.92. The van der Waals surface area contributed by atoms with Gasteiger partial charge < -0.3 is 10.4 Å². The van der Waals surface area contributed by atoms with E-state index in [1.54, 1.807) is 12.3 Å². The van der Waals surface area contributed by atoms with Crippen LogP contribution < -0.4 is 5.32 Å². The Labute approximate surface area is 87.1 Å². The van der Waals surface area contributed by atoms with Crippen LogP contribution in [-0.4, -0.2) is 28.5 Å². The first-order chi connectivity index (χ1) is 7.24. The number of carbonyl (C=O) groups excluding carboxylic acids is 1. The van der Waals surface area contributed by atoms with Crippen LogP contribution in [0.3, 0.4) is 0 Å². The molecule has 0 aliphatic rings. The quantitative estimate of drug-likeness (QED) is 0.655. The van der Waals surface area contributed by atoms with Crippen molar-refractivity contribution in [1.82, 2.24) is 10.3 Å². The summed E-state index contributed by atoms with van der Waals surface area (Å²) in [5, 5.41) is 11.0. The topological polar surface area (TPSA) is 79.3 Å². The number of aryl methyl sites for hydroxylation is 1. The number of nitrogens with zero attached hydrogens (tertiary/aromatic N) is 1. The first kappa shape index (κ1) is 11.2. The lowest BCUT2D eigenvalue weighted by Gasteiger charge is -2.09. The van der Waals surface area contributed by atoms with Crippen molar-refractivity contribution >= 4 is 12.4 Å². The van der Waals surface area contributed by atoms with E-state index in [-0.39, 0.29) is 0 Å². The number of rotatable bonds is 6. The lowest BCUT2D eigenvalue weighted by molar-refractivity contribution is -0.140. The van der Waals surface area contributed by atoms with E-state index < -0.39 is 12.0 Å². The number of carboxylic acids is 1. The molecule has 1 aromatic heterocycles. The van der Waals surface area contributed by atoms with Crippen LogP contribution in [0.25, 0.3) is 0 Å². The van der Waals surface area contributed by atoms with Gasteiger partial charge in [0.2, 0.25) is 6.41 Å². The van der Waals surface area contributed by atoms with E-state index in [1.807, 2.05) is 12.1 Å². The third-order valence-corrected chi connectivity index (χ3v) is 1.98. The number of carbonyl (C=O) groups is 2. The summed E-state index contributed by atoms with van der Waals surface area (Å²) >= 11 is 0. The second-order valence-electron chi connectivity index (χ2n) is 3.04. The molecule has 1 rings (SSSR count). The van der Waals surface area contributed by atoms with E-state index in [2.05, 4.69) is 10.3 Å². The Kier molecular flexibility index (Phi) is 4.28. The van der Waals surface area contributed by atoms with Gasteiger partial charge in [-0.2, -0.15) is 0 Å². The van der Waals surface area contributed by atoms with Gasteiger partial charge in [-0.1, -0.05) is 6.07 Å². The third-order valence-electron chi connectivity index (χ3n) is 1.98. The van der Waals surface area contributed by atoms with Crippen LogP contribution in [0.1, 0.15) is 12.1 Å². The molecule has 1 unspecified atom stereocenters. The summed E-state index contributed by atoms with van der Waals surface area (Å²) in [6.45, 7) is 0. The van der Waals surface area contributed by atoms with Crippen molar-refractivity contribution in [2.24, 2.45) is 0 Å². The monoisotopic (exact) mass is 208 g/mol. The third kappa shape index (κ3) is 3.76. The van der Waals surface area contributed by atoms with Gasteiger partial charge in [-0.25, -0.2) is 4.79 Å². The second kappa shape index (κ2) is 5.74. The number of amides is 1. The summed E-state index contributed by atoms with van der Waals surface area (Å²) < 4.78 is 0. The lowest BCUT2D eigenvalue weighted by Crippen LogP contribution is -2.36. The van der Waals surface area contributed by atoms with Crippen molar-refractivity contribution in [3.8, 4) is 0 Å². The Bertz CT molecular complexity index is 327. The minimum atomic E-state index is -1.03. The molecule has 2 N–H and O–H groups in total. The van der Waals surface area contributed by atoms with E-state index in [0.29, 0.717) is 19.3 Å². The summed E-state index contributed by atoms with van der Waals surface area (Å²) in [5.74, 6) is -1.03. The highest BCUT2D eigenvalue weighted by molar-refractivity contribution is 5.76. The number of hydrogen-bond acceptors (Lipinski definition) is 3. The minimum Gasteiger partial charge on any atom is -0.480 e. The predicted octanol–water partition coefficient (Wildman–Crippen LogP) is 0.213. The molecule has 15 heavy (non-hydrogen) atoms. The molecule has 0 saturated carbocycles. The highest BCUT2D eigenvalue weighted by atomic mass is 16.4. The number of pyridine rings is 1. The molecule has 80 valence electrons. The normalized spacial score (nSPS) is 11.7. The molecule has 0 saturated heterocycles. The maximum absolute atomic E-state index is 10.7. The maximum atomic E-state index is 10.7. The van der Waals surface area contributed by atoms with Gasteiger partial charge in [0, 0.05) is 11.9 Å². The molecule has 0 radical (unpaired) electrons. The standard InChI is InChI=1S/C10H12N2O3/c13-7-12-9(10(14)15)5-4-8-3-1-2-6-11-8/h1-3,6-7,9H,4-5H2,(H,12,13)(H,14,15). The summed E-state index contributed by atoms with van der Waals surface area (Å²) in [6, 6.07) is 4.61. The summed E-state index contributed by atoms with van der Waals surface area (Å²) in [5.41, 5.74) is 0.816. The van der Waals surface area contributed by atoms with Crippen LogP contribution in [0.2, 0.25) is 0 Å². The van der Waals surface area contributed by atoms with E-state index in [1.165, 1.54) is 0 Å². The number of carboxylic acid groups (broad SMARTS) is 1.